The van der Waals surface area contributed by atoms with Gasteiger partial charge in [-0.2, -0.15) is 0 Å². The van der Waals surface area contributed by atoms with E-state index in [1.54, 1.807) is 0 Å². The van der Waals surface area contributed by atoms with E-state index in [1.807, 2.05) is 23.1 Å². The van der Waals surface area contributed by atoms with Gasteiger partial charge in [-0.25, -0.2) is 4.79 Å². The topological polar surface area (TPSA) is 69.7 Å². The van der Waals surface area contributed by atoms with Gasteiger partial charge in [0, 0.05) is 25.6 Å². The molecule has 144 valence electrons. The summed E-state index contributed by atoms with van der Waals surface area (Å²) in [5, 5.41) is 2.88. The maximum atomic E-state index is 12.8. The first kappa shape index (κ1) is 18.0. The zero-order chi connectivity index (χ0) is 18.9. The molecule has 4 rings (SSSR count). The minimum absolute atomic E-state index is 0.0430. The second-order valence-corrected chi connectivity index (χ2v) is 8.00. The number of hydrogen-bond donors (Lipinski definition) is 1. The van der Waals surface area contributed by atoms with E-state index in [4.69, 9.17) is 0 Å². The molecule has 27 heavy (non-hydrogen) atoms. The quantitative estimate of drug-likeness (QED) is 0.811. The van der Waals surface area contributed by atoms with Gasteiger partial charge >= 0.3 is 6.03 Å². The van der Waals surface area contributed by atoms with Crippen molar-refractivity contribution in [1.29, 1.82) is 0 Å². The zero-order valence-electron chi connectivity index (χ0n) is 15.7. The standard InChI is InChI=1S/C21H27N3O3/c25-18(23-13-6-9-17(23)15-16-7-2-1-3-8-16)10-14-24-19(26)21(22-20(24)27)11-4-5-12-21/h1-3,7-8,17H,4-6,9-15H2,(H,22,27). The molecule has 4 amide bonds. The number of likely N-dealkylation sites (tertiary alicyclic amines) is 1. The normalized spacial score (nSPS) is 24.1. The molecule has 3 aliphatic rings. The van der Waals surface area contributed by atoms with Crippen molar-refractivity contribution >= 4 is 17.8 Å². The van der Waals surface area contributed by atoms with Gasteiger partial charge < -0.3 is 10.2 Å². The molecule has 3 fully saturated rings. The Hall–Kier alpha value is -2.37. The molecule has 2 heterocycles. The molecule has 2 saturated heterocycles. The molecule has 1 unspecified atom stereocenters. The molecule has 1 atom stereocenters. The van der Waals surface area contributed by atoms with Crippen LogP contribution in [0.25, 0.3) is 0 Å². The summed E-state index contributed by atoms with van der Waals surface area (Å²) in [6.45, 7) is 0.945. The molecule has 1 aromatic carbocycles. The lowest BCUT2D eigenvalue weighted by molar-refractivity contribution is -0.134. The summed E-state index contributed by atoms with van der Waals surface area (Å²) in [5.74, 6) is -0.0959. The monoisotopic (exact) mass is 369 g/mol. The number of nitrogens with one attached hydrogen (secondary N) is 1. The van der Waals surface area contributed by atoms with Crippen molar-refractivity contribution in [1.82, 2.24) is 15.1 Å². The van der Waals surface area contributed by atoms with E-state index in [1.165, 1.54) is 10.5 Å². The smallest absolute Gasteiger partial charge is 0.325 e. The van der Waals surface area contributed by atoms with E-state index >= 15 is 0 Å². The predicted molar refractivity (Wildman–Crippen MR) is 101 cm³/mol. The Balaban J connectivity index is 1.35. The molecular formula is C21H27N3O3. The van der Waals surface area contributed by atoms with Gasteiger partial charge in [-0.15, -0.1) is 0 Å². The fourth-order valence-electron chi connectivity index (χ4n) is 4.81. The van der Waals surface area contributed by atoms with Crippen molar-refractivity contribution in [2.45, 2.75) is 62.9 Å². The second-order valence-electron chi connectivity index (χ2n) is 8.00. The second kappa shape index (κ2) is 7.33. The van der Waals surface area contributed by atoms with Crippen molar-refractivity contribution in [3.05, 3.63) is 35.9 Å². The van der Waals surface area contributed by atoms with Gasteiger partial charge in [-0.3, -0.25) is 14.5 Å². The molecule has 2 aliphatic heterocycles. The fourth-order valence-corrected chi connectivity index (χ4v) is 4.81. The Labute approximate surface area is 159 Å². The first-order valence-corrected chi connectivity index (χ1v) is 10.1. The largest absolute Gasteiger partial charge is 0.339 e. The van der Waals surface area contributed by atoms with Crippen LogP contribution in [0.2, 0.25) is 0 Å². The first-order valence-electron chi connectivity index (χ1n) is 10.1. The molecule has 1 saturated carbocycles. The van der Waals surface area contributed by atoms with Crippen LogP contribution in [0, 0.1) is 0 Å². The third kappa shape index (κ3) is 3.45. The highest BCUT2D eigenvalue weighted by Crippen LogP contribution is 2.35. The maximum absolute atomic E-state index is 12.8. The van der Waals surface area contributed by atoms with E-state index in [0.717, 1.165) is 38.6 Å². The van der Waals surface area contributed by atoms with Crippen LogP contribution in [-0.4, -0.2) is 52.3 Å². The van der Waals surface area contributed by atoms with E-state index in [9.17, 15) is 14.4 Å². The van der Waals surface area contributed by atoms with Crippen molar-refractivity contribution in [3.63, 3.8) is 0 Å². The van der Waals surface area contributed by atoms with Crippen LogP contribution in [0.15, 0.2) is 30.3 Å². The Morgan fingerprint density at radius 3 is 2.59 bits per heavy atom. The first-order chi connectivity index (χ1) is 13.1. The number of urea groups is 1. The lowest BCUT2D eigenvalue weighted by Gasteiger charge is -2.26. The van der Waals surface area contributed by atoms with Crippen molar-refractivity contribution in [2.75, 3.05) is 13.1 Å². The average Bonchev–Trinajstić information content (AvgIpc) is 3.37. The lowest BCUT2D eigenvalue weighted by Crippen LogP contribution is -2.44. The number of nitrogens with zero attached hydrogens (tertiary/aromatic N) is 2. The van der Waals surface area contributed by atoms with Crippen LogP contribution in [0.4, 0.5) is 4.79 Å². The molecule has 1 aliphatic carbocycles. The number of hydrogen-bond acceptors (Lipinski definition) is 3. The predicted octanol–water partition coefficient (Wildman–Crippen LogP) is 2.47. The summed E-state index contributed by atoms with van der Waals surface area (Å²) < 4.78 is 0. The van der Waals surface area contributed by atoms with E-state index < -0.39 is 5.54 Å². The van der Waals surface area contributed by atoms with Gasteiger partial charge in [0.2, 0.25) is 5.91 Å². The molecule has 1 aromatic rings. The summed E-state index contributed by atoms with van der Waals surface area (Å²) in [6.07, 6.45) is 6.45. The highest BCUT2D eigenvalue weighted by molar-refractivity contribution is 6.07. The van der Waals surface area contributed by atoms with Crippen LogP contribution >= 0.6 is 0 Å². The molecule has 0 aromatic heterocycles. The van der Waals surface area contributed by atoms with E-state index in [2.05, 4.69) is 17.4 Å². The van der Waals surface area contributed by atoms with Crippen LogP contribution in [0.5, 0.6) is 0 Å². The number of carbonyl (C=O) groups is 3. The van der Waals surface area contributed by atoms with Crippen molar-refractivity contribution < 1.29 is 14.4 Å². The van der Waals surface area contributed by atoms with Crippen LogP contribution in [0.3, 0.4) is 0 Å². The summed E-state index contributed by atoms with van der Waals surface area (Å²) in [7, 11) is 0. The minimum atomic E-state index is -0.691. The van der Waals surface area contributed by atoms with E-state index in [0.29, 0.717) is 12.8 Å². The number of amides is 4. The van der Waals surface area contributed by atoms with Gasteiger partial charge in [-0.1, -0.05) is 43.2 Å². The van der Waals surface area contributed by atoms with Gasteiger partial charge in [0.1, 0.15) is 5.54 Å². The SMILES string of the molecule is O=C1NC2(CCCC2)C(=O)N1CCC(=O)N1CCCC1Cc1ccccc1. The molecule has 1 spiro atoms. The van der Waals surface area contributed by atoms with Crippen LogP contribution < -0.4 is 5.32 Å². The van der Waals surface area contributed by atoms with Crippen molar-refractivity contribution in [3.8, 4) is 0 Å². The van der Waals surface area contributed by atoms with Crippen LogP contribution in [0.1, 0.15) is 50.5 Å². The summed E-state index contributed by atoms with van der Waals surface area (Å²) in [4.78, 5) is 40.9. The van der Waals surface area contributed by atoms with Gasteiger partial charge in [0.25, 0.3) is 5.91 Å². The Kier molecular flexibility index (Phi) is 4.89. The van der Waals surface area contributed by atoms with Crippen LogP contribution in [-0.2, 0) is 16.0 Å². The lowest BCUT2D eigenvalue weighted by atomic mass is 9.98. The van der Waals surface area contributed by atoms with Gasteiger partial charge in [-0.05, 0) is 37.7 Å². The Bertz CT molecular complexity index is 727. The van der Waals surface area contributed by atoms with Gasteiger partial charge in [0.15, 0.2) is 0 Å². The molecule has 0 bridgehead atoms. The summed E-state index contributed by atoms with van der Waals surface area (Å²) >= 11 is 0. The third-order valence-electron chi connectivity index (χ3n) is 6.26. The molecule has 6 heteroatoms. The molecule has 1 N–H and O–H groups in total. The number of benzene rings is 1. The molecular weight excluding hydrogens is 342 g/mol. The highest BCUT2D eigenvalue weighted by Gasteiger charge is 2.52. The maximum Gasteiger partial charge on any atom is 0.325 e. The third-order valence-corrected chi connectivity index (χ3v) is 6.26. The molecule has 6 nitrogen and oxygen atoms in total. The number of carbonyl (C=O) groups excluding carboxylic acids is 3. The van der Waals surface area contributed by atoms with Crippen molar-refractivity contribution in [2.24, 2.45) is 0 Å². The average molecular weight is 369 g/mol. The summed E-state index contributed by atoms with van der Waals surface area (Å²) in [5.41, 5.74) is 0.545. The van der Waals surface area contributed by atoms with Gasteiger partial charge in [0.05, 0.1) is 0 Å². The number of imide groups is 1. The Morgan fingerprint density at radius 1 is 1.11 bits per heavy atom. The highest BCUT2D eigenvalue weighted by atomic mass is 16.2. The Morgan fingerprint density at radius 2 is 1.85 bits per heavy atom. The zero-order valence-corrected chi connectivity index (χ0v) is 15.7. The fraction of sp³-hybridized carbons (Fsp3) is 0.571. The molecule has 0 radical (unpaired) electrons. The summed E-state index contributed by atoms with van der Waals surface area (Å²) in [6, 6.07) is 10.1. The minimum Gasteiger partial charge on any atom is -0.339 e. The number of rotatable bonds is 5. The van der Waals surface area contributed by atoms with E-state index in [-0.39, 0.29) is 36.9 Å².